The van der Waals surface area contributed by atoms with Crippen LogP contribution in [-0.2, 0) is 0 Å². The van der Waals surface area contributed by atoms with Crippen LogP contribution in [0.1, 0.15) is 468 Å². The number of alkyl halides is 2. The quantitative estimate of drug-likeness (QED) is 0.0315. The molecule has 0 amide bonds. The molecule has 0 aliphatic heterocycles. The summed E-state index contributed by atoms with van der Waals surface area (Å²) in [6.07, 6.45) is 21.7. The molecular formula is C100H221F2N11. The Morgan fingerprint density at radius 2 is 0.735 bits per heavy atom. The van der Waals surface area contributed by atoms with E-state index in [1.54, 1.807) is 0 Å². The summed E-state index contributed by atoms with van der Waals surface area (Å²) in [5.41, 5.74) is 2.84. The van der Waals surface area contributed by atoms with Crippen molar-refractivity contribution in [2.45, 2.75) is 605 Å². The Hall–Kier alpha value is -0.580. The molecule has 13 heteroatoms. The number of hydrogen-bond acceptors (Lipinski definition) is 11. The maximum absolute atomic E-state index is 12.9. The fourth-order valence-corrected chi connectivity index (χ4v) is 15.5. The Morgan fingerprint density at radius 3 is 0.973 bits per heavy atom. The summed E-state index contributed by atoms with van der Waals surface area (Å²) in [5.74, 6) is 1.81. The van der Waals surface area contributed by atoms with Gasteiger partial charge in [-0.1, -0.05) is 269 Å². The van der Waals surface area contributed by atoms with Gasteiger partial charge in [0.15, 0.2) is 0 Å². The van der Waals surface area contributed by atoms with Gasteiger partial charge in [0.2, 0.25) is 5.92 Å². The molecular weight excluding hydrogens is 1390 g/mol. The summed E-state index contributed by atoms with van der Waals surface area (Å²) in [4.78, 5) is 0. The molecule has 11 nitrogen and oxygen atoms in total. The number of hydrogen-bond donors (Lipinski definition) is 11. The molecule has 0 bridgehead atoms. The molecule has 5 saturated carbocycles. The molecule has 5 rings (SSSR count). The minimum Gasteiger partial charge on any atom is -0.312 e. The van der Waals surface area contributed by atoms with E-state index in [9.17, 15) is 8.78 Å². The van der Waals surface area contributed by atoms with Crippen molar-refractivity contribution in [3.8, 4) is 0 Å². The van der Waals surface area contributed by atoms with E-state index < -0.39 is 5.92 Å². The van der Waals surface area contributed by atoms with Crippen molar-refractivity contribution < 1.29 is 8.78 Å². The van der Waals surface area contributed by atoms with Crippen molar-refractivity contribution >= 4 is 0 Å². The first-order valence-corrected chi connectivity index (χ1v) is 47.6. The van der Waals surface area contributed by atoms with Gasteiger partial charge in [0, 0.05) is 143 Å². The molecule has 0 aromatic rings. The molecule has 113 heavy (non-hydrogen) atoms. The maximum atomic E-state index is 12.9. The molecule has 5 fully saturated rings. The van der Waals surface area contributed by atoms with Crippen LogP contribution in [0.15, 0.2) is 0 Å². The van der Waals surface area contributed by atoms with Crippen molar-refractivity contribution in [2.75, 3.05) is 0 Å². The van der Waals surface area contributed by atoms with Gasteiger partial charge in [-0.15, -0.1) is 0 Å². The van der Waals surface area contributed by atoms with E-state index in [-0.39, 0.29) is 18.4 Å². The summed E-state index contributed by atoms with van der Waals surface area (Å²) >= 11 is 0. The maximum Gasteiger partial charge on any atom is 0.248 e. The highest BCUT2D eigenvalue weighted by molar-refractivity contribution is 4.96. The third kappa shape index (κ3) is 76.1. The number of rotatable bonds is 32. The van der Waals surface area contributed by atoms with Crippen LogP contribution in [0.25, 0.3) is 0 Å². The second kappa shape index (κ2) is 60.8. The van der Waals surface area contributed by atoms with Gasteiger partial charge in [-0.05, 0) is 233 Å². The molecule has 0 aromatic carbocycles. The van der Waals surface area contributed by atoms with Crippen molar-refractivity contribution in [1.29, 1.82) is 0 Å². The fourth-order valence-electron chi connectivity index (χ4n) is 15.5. The van der Waals surface area contributed by atoms with Crippen LogP contribution in [0.2, 0.25) is 0 Å². The van der Waals surface area contributed by atoms with Gasteiger partial charge < -0.3 is 58.5 Å². The molecule has 5 aliphatic rings. The minimum atomic E-state index is -2.42. The first kappa shape index (κ1) is 123. The SMILES string of the molecule is CC(C)CC(C)(C)NC(C)C.CC(C)NC(C)(C)C1CC1.CC(C)NC(C)C(C)(C)C.CC(C)NC(C)C(C)C.CC(C)NC(C)C1(C)CCC1.CC(C)NC(C)C1CCC1.CC(C)NC(C)CC(C)(C)C.CC(C)NC1(C)CCC(F)(F)CC1.CC(C)NC1(C)CCC1.CCC(C)(C)NC(C)C.CCC(C)C(C)NC(C)C. The van der Waals surface area contributed by atoms with Crippen LogP contribution in [0, 0.1) is 45.8 Å². The van der Waals surface area contributed by atoms with E-state index in [2.05, 4.69) is 398 Å². The molecule has 7 unspecified atom stereocenters. The van der Waals surface area contributed by atoms with Crippen LogP contribution in [0.3, 0.4) is 0 Å². The van der Waals surface area contributed by atoms with E-state index in [4.69, 9.17) is 0 Å². The first-order chi connectivity index (χ1) is 50.8. The Morgan fingerprint density at radius 1 is 0.363 bits per heavy atom. The molecule has 0 heterocycles. The average Bonchev–Trinajstić information content (AvgIpc) is 1.44. The van der Waals surface area contributed by atoms with Crippen LogP contribution in [0.4, 0.5) is 8.78 Å². The lowest BCUT2D eigenvalue weighted by Crippen LogP contribution is -2.51. The van der Waals surface area contributed by atoms with Crippen LogP contribution in [0.5, 0.6) is 0 Å². The van der Waals surface area contributed by atoms with Crippen LogP contribution in [-0.4, -0.2) is 136 Å². The van der Waals surface area contributed by atoms with Gasteiger partial charge in [-0.2, -0.15) is 0 Å². The Kier molecular flexibility index (Phi) is 66.4. The third-order valence-electron chi connectivity index (χ3n) is 22.9. The molecule has 0 saturated heterocycles. The van der Waals surface area contributed by atoms with Gasteiger partial charge in [-0.25, -0.2) is 8.78 Å². The minimum absolute atomic E-state index is 0.0310. The predicted octanol–water partition coefficient (Wildman–Crippen LogP) is 26.4. The van der Waals surface area contributed by atoms with E-state index in [1.807, 2.05) is 6.92 Å². The molecule has 0 spiro atoms. The molecule has 690 valence electrons. The highest BCUT2D eigenvalue weighted by Crippen LogP contribution is 2.44. The lowest BCUT2D eigenvalue weighted by molar-refractivity contribution is -0.0542. The predicted molar refractivity (Wildman–Crippen MR) is 514 cm³/mol. The number of nitrogens with one attached hydrogen (secondary N) is 11. The molecule has 0 radical (unpaired) electrons. The van der Waals surface area contributed by atoms with Gasteiger partial charge in [0.25, 0.3) is 0 Å². The van der Waals surface area contributed by atoms with Crippen molar-refractivity contribution in [2.24, 2.45) is 45.8 Å². The zero-order valence-corrected chi connectivity index (χ0v) is 86.9. The summed E-state index contributed by atoms with van der Waals surface area (Å²) in [6, 6.07) is 10.5. The van der Waals surface area contributed by atoms with Gasteiger partial charge in [-0.3, -0.25) is 0 Å². The smallest absolute Gasteiger partial charge is 0.248 e. The topological polar surface area (TPSA) is 132 Å². The van der Waals surface area contributed by atoms with Crippen molar-refractivity contribution in [3.63, 3.8) is 0 Å². The van der Waals surface area contributed by atoms with Gasteiger partial charge >= 0.3 is 0 Å². The molecule has 7 atom stereocenters. The normalized spacial score (nSPS) is 19.1. The lowest BCUT2D eigenvalue weighted by Gasteiger charge is -2.44. The standard InChI is InChI=1S/C10H19F2N.C10H21N.2C10H23N.2C9H19N.2C9H21N.C8H17N.2C8H19N/c1-8(2)13-9(3)4-6-10(11,12)7-5-9;1-8(2)11-9(3)10(4)6-5-7-10;1-8(2)11-9(3)7-10(4,5)6;1-8(2)7-10(5,6)11-9(3)4;1-7(2)10-9(3,4)8-5-6-8;1-7(2)10-8(3)9-5-4-6-9;1-7(2)10-8(3)9(4,5)6;1-6-8(4)9(5)10-7(2)3;1-7(2)9-8(3)5-4-6-8;1-6-8(4,5)9-7(2)3;1-6(2)8(5)9-7(3)4/h8,13H,4-7H2,1-3H3;8-9,11H,5-7H2,1-4H3;2*8-9,11H,7H2,1-6H3;7-8,10H,5-6H2,1-4H3;7-10H,4-6H2,1-3H3;7-8,10H,1-6H3;7-10H,6H2,1-5H3;7,9H,4-6H2,1-3H3;7,9H,6H2,1-5H3;6-9H,1-5H3. The molecule has 11 N–H and O–H groups in total. The largest absolute Gasteiger partial charge is 0.312 e. The zero-order chi connectivity index (χ0) is 90.4. The Labute approximate surface area is 713 Å². The van der Waals surface area contributed by atoms with E-state index in [0.717, 1.165) is 35.6 Å². The van der Waals surface area contributed by atoms with E-state index >= 15 is 0 Å². The molecule has 0 aromatic heterocycles. The summed E-state index contributed by atoms with van der Waals surface area (Å²) in [5, 5.41) is 38.6. The van der Waals surface area contributed by atoms with Crippen molar-refractivity contribution in [1.82, 2.24) is 58.5 Å². The van der Waals surface area contributed by atoms with Gasteiger partial charge in [0.05, 0.1) is 0 Å². The van der Waals surface area contributed by atoms with Crippen LogP contribution >= 0.6 is 0 Å². The number of halogens is 2. The summed E-state index contributed by atoms with van der Waals surface area (Å²) in [6.45, 7) is 111. The Bertz CT molecular complexity index is 2100. The van der Waals surface area contributed by atoms with E-state index in [0.29, 0.717) is 148 Å². The van der Waals surface area contributed by atoms with E-state index in [1.165, 1.54) is 96.3 Å². The van der Waals surface area contributed by atoms with Crippen LogP contribution < -0.4 is 58.5 Å². The van der Waals surface area contributed by atoms with Gasteiger partial charge in [0.1, 0.15) is 0 Å². The highest BCUT2D eigenvalue weighted by atomic mass is 19.3. The highest BCUT2D eigenvalue weighted by Gasteiger charge is 2.41. The second-order valence-electron chi connectivity index (χ2n) is 45.6. The fraction of sp³-hybridized carbons (Fsp3) is 1.00. The summed E-state index contributed by atoms with van der Waals surface area (Å²) < 4.78 is 25.7. The monoisotopic (exact) mass is 1610 g/mol. The average molecular weight is 1620 g/mol. The summed E-state index contributed by atoms with van der Waals surface area (Å²) in [7, 11) is 0. The first-order valence-electron chi connectivity index (χ1n) is 47.6. The second-order valence-corrected chi connectivity index (χ2v) is 45.6. The van der Waals surface area contributed by atoms with Crippen molar-refractivity contribution in [3.05, 3.63) is 0 Å². The third-order valence-corrected chi connectivity index (χ3v) is 22.9. The molecule has 5 aliphatic carbocycles. The lowest BCUT2D eigenvalue weighted by atomic mass is 9.66. The Balaban J connectivity index is -0.000000279. The zero-order valence-electron chi connectivity index (χ0n) is 86.9.